The summed E-state index contributed by atoms with van der Waals surface area (Å²) in [4.78, 5) is 4.60. The van der Waals surface area contributed by atoms with E-state index in [4.69, 9.17) is 4.52 Å². The summed E-state index contributed by atoms with van der Waals surface area (Å²) in [6.07, 6.45) is 4.57. The second-order valence-corrected chi connectivity index (χ2v) is 7.62. The van der Waals surface area contributed by atoms with Crippen molar-refractivity contribution >= 4 is 11.8 Å². The molecule has 1 fully saturated rings. The molecular formula is C14H25N3OS. The highest BCUT2D eigenvalue weighted by Gasteiger charge is 2.27. The van der Waals surface area contributed by atoms with Crippen molar-refractivity contribution in [1.29, 1.82) is 0 Å². The summed E-state index contributed by atoms with van der Waals surface area (Å²) < 4.78 is 5.43. The summed E-state index contributed by atoms with van der Waals surface area (Å²) in [6, 6.07) is 0.347. The average Bonchev–Trinajstić information content (AvgIpc) is 2.84. The van der Waals surface area contributed by atoms with Gasteiger partial charge < -0.3 is 9.84 Å². The first-order valence-corrected chi connectivity index (χ1v) is 8.17. The van der Waals surface area contributed by atoms with Gasteiger partial charge in [-0.3, -0.25) is 0 Å². The smallest absolute Gasteiger partial charge is 0.228 e. The lowest BCUT2D eigenvalue weighted by molar-refractivity contribution is 0.255. The van der Waals surface area contributed by atoms with E-state index in [1.54, 1.807) is 0 Å². The Morgan fingerprint density at radius 3 is 2.79 bits per heavy atom. The molecular weight excluding hydrogens is 258 g/mol. The molecule has 19 heavy (non-hydrogen) atoms. The number of hydrogen-bond acceptors (Lipinski definition) is 5. The van der Waals surface area contributed by atoms with Gasteiger partial charge in [0.1, 0.15) is 0 Å². The molecule has 2 heterocycles. The summed E-state index contributed by atoms with van der Waals surface area (Å²) >= 11 is 1.96. The lowest BCUT2D eigenvalue weighted by atomic mass is 9.85. The van der Waals surface area contributed by atoms with E-state index < -0.39 is 0 Å². The number of thioether (sulfide) groups is 1. The summed E-state index contributed by atoms with van der Waals surface area (Å²) in [5.41, 5.74) is 0.184. The van der Waals surface area contributed by atoms with Gasteiger partial charge in [0, 0.05) is 12.5 Å². The maximum atomic E-state index is 5.43. The third-order valence-electron chi connectivity index (χ3n) is 3.72. The molecule has 0 saturated carbocycles. The van der Waals surface area contributed by atoms with Gasteiger partial charge in [-0.1, -0.05) is 32.3 Å². The summed E-state index contributed by atoms with van der Waals surface area (Å²) in [7, 11) is 1.99. The van der Waals surface area contributed by atoms with Crippen LogP contribution in [0.25, 0.3) is 0 Å². The maximum absolute atomic E-state index is 5.43. The van der Waals surface area contributed by atoms with Crippen molar-refractivity contribution in [3.63, 3.8) is 0 Å². The van der Waals surface area contributed by atoms with Crippen LogP contribution in [0, 0.1) is 5.41 Å². The van der Waals surface area contributed by atoms with Gasteiger partial charge in [-0.25, -0.2) is 0 Å². The average molecular weight is 283 g/mol. The van der Waals surface area contributed by atoms with Crippen molar-refractivity contribution in [1.82, 2.24) is 15.5 Å². The standard InChI is InChI=1S/C14H25N3OS/c1-14(2,3)11(15-4)9-12-16-13(17-18-12)10-7-5-6-8-19-10/h10-11,15H,5-9H2,1-4H3. The normalized spacial score (nSPS) is 22.4. The number of likely N-dealkylation sites (N-methyl/N-ethyl adjacent to an activating group) is 1. The minimum Gasteiger partial charge on any atom is -0.339 e. The van der Waals surface area contributed by atoms with Crippen molar-refractivity contribution < 1.29 is 4.52 Å². The fraction of sp³-hybridized carbons (Fsp3) is 0.857. The van der Waals surface area contributed by atoms with Gasteiger partial charge in [0.15, 0.2) is 5.82 Å². The lowest BCUT2D eigenvalue weighted by Crippen LogP contribution is -2.39. The van der Waals surface area contributed by atoms with Crippen LogP contribution >= 0.6 is 11.8 Å². The second kappa shape index (κ2) is 6.27. The van der Waals surface area contributed by atoms with Crippen LogP contribution in [0.5, 0.6) is 0 Å². The Morgan fingerprint density at radius 1 is 1.42 bits per heavy atom. The number of nitrogens with one attached hydrogen (secondary N) is 1. The van der Waals surface area contributed by atoms with E-state index >= 15 is 0 Å². The van der Waals surface area contributed by atoms with Gasteiger partial charge in [-0.15, -0.1) is 0 Å². The Hall–Kier alpha value is -0.550. The van der Waals surface area contributed by atoms with E-state index in [0.717, 1.165) is 18.1 Å². The first-order valence-electron chi connectivity index (χ1n) is 7.12. The molecule has 0 aromatic carbocycles. The molecule has 0 radical (unpaired) electrons. The first kappa shape index (κ1) is 14.9. The fourth-order valence-corrected chi connectivity index (χ4v) is 3.68. The molecule has 2 atom stereocenters. The third kappa shape index (κ3) is 3.96. The van der Waals surface area contributed by atoms with E-state index in [-0.39, 0.29) is 5.41 Å². The second-order valence-electron chi connectivity index (χ2n) is 6.31. The van der Waals surface area contributed by atoms with Gasteiger partial charge in [0.25, 0.3) is 0 Å². The number of hydrogen-bond donors (Lipinski definition) is 1. The Morgan fingerprint density at radius 2 is 2.21 bits per heavy atom. The van der Waals surface area contributed by atoms with E-state index in [0.29, 0.717) is 11.3 Å². The minimum atomic E-state index is 0.184. The van der Waals surface area contributed by atoms with Crippen LogP contribution in [-0.4, -0.2) is 29.0 Å². The largest absolute Gasteiger partial charge is 0.339 e. The summed E-state index contributed by atoms with van der Waals surface area (Å²) in [5.74, 6) is 2.87. The first-order chi connectivity index (χ1) is 9.00. The molecule has 1 aliphatic heterocycles. The number of aromatic nitrogens is 2. The summed E-state index contributed by atoms with van der Waals surface area (Å²) in [6.45, 7) is 6.67. The Balaban J connectivity index is 2.00. The topological polar surface area (TPSA) is 51.0 Å². The van der Waals surface area contributed by atoms with Crippen molar-refractivity contribution in [3.05, 3.63) is 11.7 Å². The van der Waals surface area contributed by atoms with E-state index in [1.165, 1.54) is 25.0 Å². The van der Waals surface area contributed by atoms with Crippen LogP contribution in [0.3, 0.4) is 0 Å². The molecule has 0 aliphatic carbocycles. The molecule has 1 aromatic rings. The predicted molar refractivity (Wildman–Crippen MR) is 79.4 cm³/mol. The Kier molecular flexibility index (Phi) is 4.90. The molecule has 108 valence electrons. The molecule has 2 unspecified atom stereocenters. The van der Waals surface area contributed by atoms with Gasteiger partial charge >= 0.3 is 0 Å². The van der Waals surface area contributed by atoms with E-state index in [9.17, 15) is 0 Å². The molecule has 0 spiro atoms. The zero-order valence-electron chi connectivity index (χ0n) is 12.4. The molecule has 0 bridgehead atoms. The zero-order chi connectivity index (χ0) is 13.9. The van der Waals surface area contributed by atoms with Crippen molar-refractivity contribution in [2.24, 2.45) is 5.41 Å². The van der Waals surface area contributed by atoms with Gasteiger partial charge in [-0.2, -0.15) is 16.7 Å². The zero-order valence-corrected chi connectivity index (χ0v) is 13.2. The number of nitrogens with zero attached hydrogens (tertiary/aromatic N) is 2. The highest BCUT2D eigenvalue weighted by molar-refractivity contribution is 7.99. The van der Waals surface area contributed by atoms with Crippen LogP contribution in [-0.2, 0) is 6.42 Å². The highest BCUT2D eigenvalue weighted by atomic mass is 32.2. The molecule has 5 heteroatoms. The van der Waals surface area contributed by atoms with E-state index in [1.807, 2.05) is 18.8 Å². The SMILES string of the molecule is CNC(Cc1nc(C2CCCCS2)no1)C(C)(C)C. The molecule has 1 saturated heterocycles. The van der Waals surface area contributed by atoms with Gasteiger partial charge in [-0.05, 0) is 31.1 Å². The highest BCUT2D eigenvalue weighted by Crippen LogP contribution is 2.36. The Labute approximate surface area is 120 Å². The molecule has 2 rings (SSSR count). The monoisotopic (exact) mass is 283 g/mol. The number of rotatable bonds is 4. The van der Waals surface area contributed by atoms with Crippen molar-refractivity contribution in [2.75, 3.05) is 12.8 Å². The van der Waals surface area contributed by atoms with Crippen LogP contribution in [0.1, 0.15) is 57.0 Å². The van der Waals surface area contributed by atoms with Crippen molar-refractivity contribution in [2.45, 2.75) is 57.7 Å². The van der Waals surface area contributed by atoms with Crippen LogP contribution in [0.15, 0.2) is 4.52 Å². The predicted octanol–water partition coefficient (Wildman–Crippen LogP) is 3.20. The molecule has 1 aliphatic rings. The lowest BCUT2D eigenvalue weighted by Gasteiger charge is -2.29. The summed E-state index contributed by atoms with van der Waals surface area (Å²) in [5, 5.41) is 7.96. The van der Waals surface area contributed by atoms with Crippen LogP contribution in [0.2, 0.25) is 0 Å². The van der Waals surface area contributed by atoms with Gasteiger partial charge in [0.05, 0.1) is 5.25 Å². The molecule has 4 nitrogen and oxygen atoms in total. The van der Waals surface area contributed by atoms with E-state index in [2.05, 4.69) is 36.2 Å². The fourth-order valence-electron chi connectivity index (χ4n) is 2.44. The molecule has 1 aromatic heterocycles. The molecule has 0 amide bonds. The third-order valence-corrected chi connectivity index (χ3v) is 5.10. The minimum absolute atomic E-state index is 0.184. The molecule has 1 N–H and O–H groups in total. The van der Waals surface area contributed by atoms with Gasteiger partial charge in [0.2, 0.25) is 5.89 Å². The quantitative estimate of drug-likeness (QED) is 0.919. The van der Waals surface area contributed by atoms with Crippen molar-refractivity contribution in [3.8, 4) is 0 Å². The van der Waals surface area contributed by atoms with Crippen LogP contribution in [0.4, 0.5) is 0 Å². The maximum Gasteiger partial charge on any atom is 0.228 e. The van der Waals surface area contributed by atoms with Crippen LogP contribution < -0.4 is 5.32 Å². The Bertz CT molecular complexity index is 394.